The van der Waals surface area contributed by atoms with Crippen LogP contribution in [0.15, 0.2) is 12.2 Å². The summed E-state index contributed by atoms with van der Waals surface area (Å²) in [5, 5.41) is 0.406. The fourth-order valence-corrected chi connectivity index (χ4v) is 2.26. The van der Waals surface area contributed by atoms with Crippen molar-refractivity contribution in [1.29, 1.82) is 0 Å². The van der Waals surface area contributed by atoms with Crippen LogP contribution < -0.4 is 0 Å². The van der Waals surface area contributed by atoms with Gasteiger partial charge in [-0.05, 0) is 12.2 Å². The van der Waals surface area contributed by atoms with Gasteiger partial charge in [-0.25, -0.2) is 0 Å². The molecule has 0 radical (unpaired) electrons. The van der Waals surface area contributed by atoms with Crippen molar-refractivity contribution in [2.24, 2.45) is 0 Å². The first-order valence-electron chi connectivity index (χ1n) is 7.22. The summed E-state index contributed by atoms with van der Waals surface area (Å²) in [6.07, 6.45) is 12.2. The van der Waals surface area contributed by atoms with Crippen molar-refractivity contribution < 1.29 is 0 Å². The van der Waals surface area contributed by atoms with Gasteiger partial charge in [-0.1, -0.05) is 77.2 Å². The lowest BCUT2D eigenvalue weighted by Gasteiger charge is -2.30. The third kappa shape index (κ3) is 6.40. The largest absolute Gasteiger partial charge is 0.114 e. The Morgan fingerprint density at radius 1 is 0.938 bits per heavy atom. The molecule has 0 aromatic rings. The smallest absolute Gasteiger partial charge is 0.100 e. The molecule has 16 heavy (non-hydrogen) atoms. The number of hydrogen-bond acceptors (Lipinski definition) is 0. The van der Waals surface area contributed by atoms with E-state index in [1.54, 1.807) is 0 Å². The molecule has 0 aromatic heterocycles. The van der Waals surface area contributed by atoms with Crippen LogP contribution in [0.25, 0.3) is 0 Å². The first-order valence-corrected chi connectivity index (χ1v) is 7.22. The van der Waals surface area contributed by atoms with Crippen LogP contribution in [-0.2, 0) is 0 Å². The summed E-state index contributed by atoms with van der Waals surface area (Å²) >= 11 is 0. The maximum absolute atomic E-state index is 4.20. The fourth-order valence-electron chi connectivity index (χ4n) is 2.26. The van der Waals surface area contributed by atoms with E-state index in [4.69, 9.17) is 0 Å². The zero-order chi connectivity index (χ0) is 12.4. The number of allylic oxidation sites excluding steroid dienone is 1. The van der Waals surface area contributed by atoms with Crippen LogP contribution >= 0.6 is 0 Å². The van der Waals surface area contributed by atoms with Gasteiger partial charge in [0.25, 0.3) is 0 Å². The summed E-state index contributed by atoms with van der Waals surface area (Å²) < 4.78 is 0. The summed E-state index contributed by atoms with van der Waals surface area (Å²) in [6.45, 7) is 11.0. The van der Waals surface area contributed by atoms with Gasteiger partial charge in [0.15, 0.2) is 0 Å². The summed E-state index contributed by atoms with van der Waals surface area (Å²) in [6, 6.07) is 0. The van der Waals surface area contributed by atoms with Crippen LogP contribution in [0.5, 0.6) is 0 Å². The fraction of sp³-hybridized carbons (Fsp3) is 0.867. The summed E-state index contributed by atoms with van der Waals surface area (Å²) in [7, 11) is 2.41. The van der Waals surface area contributed by atoms with Gasteiger partial charge in [-0.2, -0.15) is 0 Å². The van der Waals surface area contributed by atoms with E-state index in [0.29, 0.717) is 5.31 Å². The minimum atomic E-state index is 0.406. The number of hydrogen-bond donors (Lipinski definition) is 0. The van der Waals surface area contributed by atoms with Gasteiger partial charge in [0.1, 0.15) is 7.85 Å². The van der Waals surface area contributed by atoms with E-state index < -0.39 is 0 Å². The van der Waals surface area contributed by atoms with E-state index in [0.717, 1.165) is 0 Å². The molecule has 1 unspecified atom stereocenters. The van der Waals surface area contributed by atoms with Crippen molar-refractivity contribution in [1.82, 2.24) is 0 Å². The predicted octanol–water partition coefficient (Wildman–Crippen LogP) is 4.91. The Morgan fingerprint density at radius 2 is 1.38 bits per heavy atom. The molecule has 0 fully saturated rings. The monoisotopic (exact) mass is 222 g/mol. The van der Waals surface area contributed by atoms with Gasteiger partial charge in [0.05, 0.1) is 0 Å². The second-order valence-corrected chi connectivity index (χ2v) is 5.61. The molecule has 0 aliphatic rings. The molecule has 0 nitrogen and oxygen atoms in total. The average Bonchev–Trinajstić information content (AvgIpc) is 2.25. The molecule has 0 aromatic carbocycles. The lowest BCUT2D eigenvalue weighted by Crippen LogP contribution is -2.14. The highest BCUT2D eigenvalue weighted by molar-refractivity contribution is 6.17. The molecule has 0 spiro atoms. The molecule has 94 valence electrons. The third-order valence-electron chi connectivity index (χ3n) is 3.94. The van der Waals surface area contributed by atoms with Crippen LogP contribution in [0.3, 0.4) is 0 Å². The van der Waals surface area contributed by atoms with E-state index in [1.807, 2.05) is 0 Å². The zero-order valence-corrected chi connectivity index (χ0v) is 12.1. The Hall–Kier alpha value is -0.195. The summed E-state index contributed by atoms with van der Waals surface area (Å²) in [5.74, 6) is 0. The van der Waals surface area contributed by atoms with Crippen LogP contribution in [0, 0.1) is 0 Å². The quantitative estimate of drug-likeness (QED) is 0.280. The first-order chi connectivity index (χ1) is 7.56. The standard InChI is InChI=1S/C15H31B/c1-5-7-9-11-13-15(16,14(3)4)12-10-8-6-2/h3,5-13,16H2,1-2,4H3. The molecule has 0 rings (SSSR count). The van der Waals surface area contributed by atoms with Crippen molar-refractivity contribution in [3.05, 3.63) is 12.2 Å². The van der Waals surface area contributed by atoms with Gasteiger partial charge in [0, 0.05) is 0 Å². The Kier molecular flexibility index (Phi) is 8.79. The predicted molar refractivity (Wildman–Crippen MR) is 79.0 cm³/mol. The summed E-state index contributed by atoms with van der Waals surface area (Å²) in [5.41, 5.74) is 1.39. The number of unbranched alkanes of at least 4 members (excludes halogenated alkanes) is 5. The molecule has 0 saturated heterocycles. The van der Waals surface area contributed by atoms with Crippen LogP contribution in [-0.4, -0.2) is 7.85 Å². The molecule has 0 bridgehead atoms. The second-order valence-electron chi connectivity index (χ2n) is 5.61. The zero-order valence-electron chi connectivity index (χ0n) is 12.1. The molecular formula is C15H31B. The summed E-state index contributed by atoms with van der Waals surface area (Å²) in [4.78, 5) is 0. The molecule has 0 aliphatic heterocycles. The van der Waals surface area contributed by atoms with Crippen LogP contribution in [0.4, 0.5) is 0 Å². The second kappa shape index (κ2) is 8.90. The lowest BCUT2D eigenvalue weighted by molar-refractivity contribution is 0.477. The molecule has 1 atom stereocenters. The van der Waals surface area contributed by atoms with Gasteiger partial charge >= 0.3 is 0 Å². The van der Waals surface area contributed by atoms with Crippen molar-refractivity contribution in [3.63, 3.8) is 0 Å². The van der Waals surface area contributed by atoms with Crippen LogP contribution in [0.2, 0.25) is 5.31 Å². The van der Waals surface area contributed by atoms with Gasteiger partial charge in [0.2, 0.25) is 0 Å². The van der Waals surface area contributed by atoms with E-state index in [9.17, 15) is 0 Å². The van der Waals surface area contributed by atoms with Gasteiger partial charge < -0.3 is 0 Å². The van der Waals surface area contributed by atoms with E-state index >= 15 is 0 Å². The number of rotatable bonds is 10. The molecule has 0 N–H and O–H groups in total. The highest BCUT2D eigenvalue weighted by Crippen LogP contribution is 2.41. The van der Waals surface area contributed by atoms with Crippen molar-refractivity contribution in [3.8, 4) is 0 Å². The van der Waals surface area contributed by atoms with Gasteiger partial charge in [-0.3, -0.25) is 0 Å². The highest BCUT2D eigenvalue weighted by atomic mass is 14.2. The molecule has 0 amide bonds. The third-order valence-corrected chi connectivity index (χ3v) is 3.94. The Labute approximate surface area is 104 Å². The minimum Gasteiger partial charge on any atom is -0.100 e. The minimum absolute atomic E-state index is 0.406. The Bertz CT molecular complexity index is 186. The van der Waals surface area contributed by atoms with Crippen molar-refractivity contribution >= 4 is 7.85 Å². The molecular weight excluding hydrogens is 191 g/mol. The first kappa shape index (κ1) is 15.8. The molecule has 0 aliphatic carbocycles. The maximum Gasteiger partial charge on any atom is 0.114 e. The van der Waals surface area contributed by atoms with E-state index in [1.165, 1.54) is 63.4 Å². The van der Waals surface area contributed by atoms with Crippen LogP contribution in [0.1, 0.15) is 78.6 Å². The van der Waals surface area contributed by atoms with Crippen molar-refractivity contribution in [2.75, 3.05) is 0 Å². The van der Waals surface area contributed by atoms with Crippen molar-refractivity contribution in [2.45, 2.75) is 83.9 Å². The molecule has 0 saturated carbocycles. The normalized spacial score (nSPS) is 14.7. The van der Waals surface area contributed by atoms with E-state index in [-0.39, 0.29) is 0 Å². The van der Waals surface area contributed by atoms with E-state index in [2.05, 4.69) is 35.2 Å². The maximum atomic E-state index is 4.20. The van der Waals surface area contributed by atoms with Gasteiger partial charge in [-0.15, -0.1) is 6.58 Å². The lowest BCUT2D eigenvalue weighted by atomic mass is 9.59. The highest BCUT2D eigenvalue weighted by Gasteiger charge is 2.23. The Morgan fingerprint density at radius 3 is 1.81 bits per heavy atom. The molecule has 0 heterocycles. The SMILES string of the molecule is BC(CCCCC)(CCCCCC)C(=C)C. The molecule has 1 heteroatoms. The Balaban J connectivity index is 3.96. The average molecular weight is 222 g/mol. The topological polar surface area (TPSA) is 0 Å².